The Bertz CT molecular complexity index is 871. The average Bonchev–Trinajstić information content (AvgIpc) is 3.04. The van der Waals surface area contributed by atoms with Crippen LogP contribution in [0.15, 0.2) is 54.6 Å². The third kappa shape index (κ3) is 4.86. The van der Waals surface area contributed by atoms with Crippen molar-refractivity contribution in [3.8, 4) is 0 Å². The molecule has 1 aromatic heterocycles. The van der Waals surface area contributed by atoms with Gasteiger partial charge in [-0.25, -0.2) is 9.78 Å². The number of para-hydroxylation sites is 1. The molecule has 3 rings (SSSR count). The van der Waals surface area contributed by atoms with E-state index >= 15 is 0 Å². The monoisotopic (exact) mass is 381 g/mol. The third-order valence-corrected chi connectivity index (χ3v) is 5.82. The Balaban J connectivity index is 1.57. The lowest BCUT2D eigenvalue weighted by Crippen LogP contribution is -2.43. The summed E-state index contributed by atoms with van der Waals surface area (Å²) in [6, 6.07) is 18.5. The van der Waals surface area contributed by atoms with E-state index in [1.54, 1.807) is 16.2 Å². The van der Waals surface area contributed by atoms with Crippen LogP contribution < -0.4 is 5.32 Å². The summed E-state index contributed by atoms with van der Waals surface area (Å²) in [6.07, 6.45) is 0.873. The molecule has 3 aromatic rings. The third-order valence-electron chi connectivity index (χ3n) is 4.80. The number of benzene rings is 2. The van der Waals surface area contributed by atoms with Crippen LogP contribution in [0.1, 0.15) is 37.8 Å². The molecule has 0 saturated carbocycles. The van der Waals surface area contributed by atoms with Crippen LogP contribution in [0.2, 0.25) is 0 Å². The first kappa shape index (κ1) is 19.4. The molecule has 0 spiro atoms. The van der Waals surface area contributed by atoms with Crippen LogP contribution in [-0.2, 0) is 12.0 Å². The number of carbonyl (C=O) groups excluding carboxylic acids is 1. The normalized spacial score (nSPS) is 12.7. The van der Waals surface area contributed by atoms with Crippen LogP contribution >= 0.6 is 11.3 Å². The molecule has 1 N–H and O–H groups in total. The summed E-state index contributed by atoms with van der Waals surface area (Å²) in [5, 5.41) is 4.07. The van der Waals surface area contributed by atoms with Gasteiger partial charge in [-0.3, -0.25) is 0 Å². The molecule has 1 heterocycles. The molecule has 27 heavy (non-hydrogen) atoms. The summed E-state index contributed by atoms with van der Waals surface area (Å²) >= 11 is 1.64. The predicted molar refractivity (Wildman–Crippen MR) is 113 cm³/mol. The SMILES string of the molecule is CC(CC(C)(C)c1ccccc1)NC(=O)N(C)Cc1nc2ccccc2s1. The predicted octanol–water partition coefficient (Wildman–Crippen LogP) is 5.19. The number of rotatable bonds is 6. The molecule has 1 atom stereocenters. The Hall–Kier alpha value is -2.40. The van der Waals surface area contributed by atoms with E-state index in [2.05, 4.69) is 61.4 Å². The highest BCUT2D eigenvalue weighted by Crippen LogP contribution is 2.28. The van der Waals surface area contributed by atoms with E-state index < -0.39 is 0 Å². The van der Waals surface area contributed by atoms with Crippen molar-refractivity contribution >= 4 is 27.6 Å². The first-order valence-electron chi connectivity index (χ1n) is 9.27. The van der Waals surface area contributed by atoms with Crippen LogP contribution in [0.25, 0.3) is 10.2 Å². The second-order valence-electron chi connectivity index (χ2n) is 7.74. The number of hydrogen-bond acceptors (Lipinski definition) is 3. The molecule has 0 aliphatic carbocycles. The van der Waals surface area contributed by atoms with Crippen LogP contribution in [0.3, 0.4) is 0 Å². The second kappa shape index (κ2) is 8.09. The van der Waals surface area contributed by atoms with Gasteiger partial charge in [0.05, 0.1) is 16.8 Å². The van der Waals surface area contributed by atoms with Crippen LogP contribution in [0.5, 0.6) is 0 Å². The van der Waals surface area contributed by atoms with Gasteiger partial charge in [0.15, 0.2) is 0 Å². The molecule has 5 heteroatoms. The van der Waals surface area contributed by atoms with Gasteiger partial charge in [0.1, 0.15) is 5.01 Å². The van der Waals surface area contributed by atoms with Crippen LogP contribution in [0, 0.1) is 0 Å². The van der Waals surface area contributed by atoms with Gasteiger partial charge < -0.3 is 10.2 Å². The standard InChI is InChI=1S/C22H27N3OS/c1-16(14-22(2,3)17-10-6-5-7-11-17)23-21(26)25(4)15-20-24-18-12-8-9-13-19(18)27-20/h5-13,16H,14-15H2,1-4H3,(H,23,26). The van der Waals surface area contributed by atoms with Crippen LogP contribution in [0.4, 0.5) is 4.79 Å². The second-order valence-corrected chi connectivity index (χ2v) is 8.85. The van der Waals surface area contributed by atoms with E-state index in [0.29, 0.717) is 6.54 Å². The Morgan fingerprint density at radius 3 is 2.52 bits per heavy atom. The molecule has 142 valence electrons. The molecule has 0 aliphatic rings. The lowest BCUT2D eigenvalue weighted by molar-refractivity contribution is 0.201. The summed E-state index contributed by atoms with van der Waals surface area (Å²) < 4.78 is 1.15. The minimum atomic E-state index is -0.0642. The molecular formula is C22H27N3OS. The van der Waals surface area contributed by atoms with Crippen molar-refractivity contribution in [2.75, 3.05) is 7.05 Å². The highest BCUT2D eigenvalue weighted by atomic mass is 32.1. The first-order valence-corrected chi connectivity index (χ1v) is 10.1. The molecule has 2 aromatic carbocycles. The van der Waals surface area contributed by atoms with Crippen molar-refractivity contribution in [3.05, 3.63) is 65.2 Å². The van der Waals surface area contributed by atoms with Gasteiger partial charge in [0, 0.05) is 13.1 Å². The fraction of sp³-hybridized carbons (Fsp3) is 0.364. The topological polar surface area (TPSA) is 45.2 Å². The zero-order chi connectivity index (χ0) is 19.4. The average molecular weight is 382 g/mol. The number of fused-ring (bicyclic) bond motifs is 1. The van der Waals surface area contributed by atoms with Crippen LogP contribution in [-0.4, -0.2) is 29.0 Å². The molecule has 0 aliphatic heterocycles. The van der Waals surface area contributed by atoms with Gasteiger partial charge in [0.25, 0.3) is 0 Å². The molecule has 0 saturated heterocycles. The fourth-order valence-electron chi connectivity index (χ4n) is 3.41. The van der Waals surface area contributed by atoms with Gasteiger partial charge >= 0.3 is 6.03 Å². The summed E-state index contributed by atoms with van der Waals surface area (Å²) in [6.45, 7) is 7.01. The van der Waals surface area contributed by atoms with E-state index in [9.17, 15) is 4.79 Å². The molecule has 0 fully saturated rings. The summed E-state index contributed by atoms with van der Waals surface area (Å²) in [5.74, 6) is 0. The van der Waals surface area contributed by atoms with E-state index in [0.717, 1.165) is 21.6 Å². The molecular weight excluding hydrogens is 354 g/mol. The summed E-state index contributed by atoms with van der Waals surface area (Å²) in [7, 11) is 1.82. The fourth-order valence-corrected chi connectivity index (χ4v) is 4.43. The lowest BCUT2D eigenvalue weighted by Gasteiger charge is -2.30. The van der Waals surface area contributed by atoms with Crippen molar-refractivity contribution < 1.29 is 4.79 Å². The molecule has 0 radical (unpaired) electrons. The lowest BCUT2D eigenvalue weighted by atomic mass is 9.79. The Kier molecular flexibility index (Phi) is 5.80. The Morgan fingerprint density at radius 1 is 1.15 bits per heavy atom. The minimum absolute atomic E-state index is 0.000437. The van der Waals surface area contributed by atoms with E-state index in [1.807, 2.05) is 31.3 Å². The number of carbonyl (C=O) groups is 1. The zero-order valence-corrected chi connectivity index (χ0v) is 17.2. The van der Waals surface area contributed by atoms with E-state index in [-0.39, 0.29) is 17.5 Å². The number of thiazole rings is 1. The smallest absolute Gasteiger partial charge is 0.317 e. The summed E-state index contributed by atoms with van der Waals surface area (Å²) in [4.78, 5) is 18.9. The molecule has 0 bridgehead atoms. The number of nitrogens with zero attached hydrogens (tertiary/aromatic N) is 2. The maximum atomic E-state index is 12.6. The number of nitrogens with one attached hydrogen (secondary N) is 1. The van der Waals surface area contributed by atoms with E-state index in [1.165, 1.54) is 5.56 Å². The summed E-state index contributed by atoms with van der Waals surface area (Å²) in [5.41, 5.74) is 2.28. The number of hydrogen-bond donors (Lipinski definition) is 1. The number of urea groups is 1. The van der Waals surface area contributed by atoms with Gasteiger partial charge in [-0.2, -0.15) is 0 Å². The van der Waals surface area contributed by atoms with Crippen molar-refractivity contribution in [2.24, 2.45) is 0 Å². The van der Waals surface area contributed by atoms with Crippen molar-refractivity contribution in [1.29, 1.82) is 0 Å². The van der Waals surface area contributed by atoms with Gasteiger partial charge in [0.2, 0.25) is 0 Å². The Labute approximate surface area is 165 Å². The Morgan fingerprint density at radius 2 is 1.81 bits per heavy atom. The first-order chi connectivity index (χ1) is 12.8. The van der Waals surface area contributed by atoms with Gasteiger partial charge in [-0.15, -0.1) is 11.3 Å². The molecule has 2 amide bonds. The van der Waals surface area contributed by atoms with E-state index in [4.69, 9.17) is 0 Å². The zero-order valence-electron chi connectivity index (χ0n) is 16.4. The largest absolute Gasteiger partial charge is 0.336 e. The highest BCUT2D eigenvalue weighted by molar-refractivity contribution is 7.18. The number of aromatic nitrogens is 1. The van der Waals surface area contributed by atoms with Crippen molar-refractivity contribution in [2.45, 2.75) is 45.2 Å². The van der Waals surface area contributed by atoms with Crippen molar-refractivity contribution in [3.63, 3.8) is 0 Å². The van der Waals surface area contributed by atoms with Gasteiger partial charge in [-0.05, 0) is 36.5 Å². The van der Waals surface area contributed by atoms with Gasteiger partial charge in [-0.1, -0.05) is 56.3 Å². The maximum absolute atomic E-state index is 12.6. The quantitative estimate of drug-likeness (QED) is 0.638. The number of amides is 2. The minimum Gasteiger partial charge on any atom is -0.336 e. The highest BCUT2D eigenvalue weighted by Gasteiger charge is 2.24. The molecule has 4 nitrogen and oxygen atoms in total. The maximum Gasteiger partial charge on any atom is 0.317 e. The molecule has 1 unspecified atom stereocenters. The van der Waals surface area contributed by atoms with Crippen molar-refractivity contribution in [1.82, 2.24) is 15.2 Å².